The van der Waals surface area contributed by atoms with Gasteiger partial charge in [-0.05, 0) is 43.3 Å². The monoisotopic (exact) mass is 395 g/mol. The molecule has 1 heterocycles. The molecule has 0 saturated carbocycles. The Hall–Kier alpha value is -3.94. The van der Waals surface area contributed by atoms with Gasteiger partial charge in [0.15, 0.2) is 5.78 Å². The van der Waals surface area contributed by atoms with Crippen LogP contribution in [-0.2, 0) is 0 Å². The molecule has 1 aromatic heterocycles. The largest absolute Gasteiger partial charge is 0.321 e. The van der Waals surface area contributed by atoms with Crippen LogP contribution in [0.2, 0.25) is 0 Å². The fourth-order valence-electron chi connectivity index (χ4n) is 2.51. The molecule has 3 rings (SSSR count). The number of carbonyl (C=O) groups is 3. The van der Waals surface area contributed by atoms with Crippen molar-refractivity contribution in [2.24, 2.45) is 0 Å². The van der Waals surface area contributed by atoms with E-state index in [1.807, 2.05) is 0 Å². The summed E-state index contributed by atoms with van der Waals surface area (Å²) in [4.78, 5) is 40.1. The zero-order chi connectivity index (χ0) is 21.0. The van der Waals surface area contributed by atoms with Gasteiger partial charge in [-0.2, -0.15) is 0 Å². The van der Waals surface area contributed by atoms with Gasteiger partial charge in [0.2, 0.25) is 0 Å². The van der Waals surface area contributed by atoms with Crippen LogP contribution >= 0.6 is 0 Å². The molecule has 6 nitrogen and oxygen atoms in total. The molecule has 0 aliphatic heterocycles. The van der Waals surface area contributed by atoms with Gasteiger partial charge in [-0.3, -0.25) is 19.4 Å². The van der Waals surface area contributed by atoms with Crippen molar-refractivity contribution in [1.82, 2.24) is 4.98 Å². The minimum absolute atomic E-state index is 0.00899. The van der Waals surface area contributed by atoms with Crippen LogP contribution in [0.1, 0.15) is 38.1 Å². The van der Waals surface area contributed by atoms with Crippen molar-refractivity contribution < 1.29 is 23.2 Å². The van der Waals surface area contributed by atoms with E-state index in [9.17, 15) is 23.2 Å². The maximum Gasteiger partial charge on any atom is 0.274 e. The third kappa shape index (κ3) is 4.67. The molecule has 0 bridgehead atoms. The van der Waals surface area contributed by atoms with E-state index in [1.165, 1.54) is 37.4 Å². The van der Waals surface area contributed by atoms with Gasteiger partial charge in [-0.1, -0.05) is 18.2 Å². The molecule has 3 aromatic rings. The van der Waals surface area contributed by atoms with E-state index in [2.05, 4.69) is 15.6 Å². The molecule has 0 atom stereocenters. The SMILES string of the molecule is CC(=O)c1cccc(NC(=O)c2cc(C(=O)Nc3c(F)cccc3F)ccn2)c1. The fraction of sp³-hybridized carbons (Fsp3) is 0.0476. The number of rotatable bonds is 5. The second kappa shape index (κ2) is 8.39. The second-order valence-electron chi connectivity index (χ2n) is 6.07. The van der Waals surface area contributed by atoms with Crippen LogP contribution < -0.4 is 10.6 Å². The van der Waals surface area contributed by atoms with Crippen molar-refractivity contribution in [3.63, 3.8) is 0 Å². The van der Waals surface area contributed by atoms with E-state index in [4.69, 9.17) is 0 Å². The van der Waals surface area contributed by atoms with Crippen LogP contribution in [-0.4, -0.2) is 22.6 Å². The van der Waals surface area contributed by atoms with Gasteiger partial charge in [-0.15, -0.1) is 0 Å². The molecule has 0 aliphatic carbocycles. The Morgan fingerprint density at radius 1 is 0.828 bits per heavy atom. The fourth-order valence-corrected chi connectivity index (χ4v) is 2.51. The minimum atomic E-state index is -0.921. The van der Waals surface area contributed by atoms with Gasteiger partial charge in [0.1, 0.15) is 23.0 Å². The summed E-state index contributed by atoms with van der Waals surface area (Å²) in [6.45, 7) is 1.41. The number of pyridine rings is 1. The summed E-state index contributed by atoms with van der Waals surface area (Å²) in [5.41, 5.74) is 0.134. The number of anilines is 2. The molecule has 2 N–H and O–H groups in total. The number of aromatic nitrogens is 1. The molecular formula is C21H15F2N3O3. The normalized spacial score (nSPS) is 10.3. The van der Waals surface area contributed by atoms with Crippen LogP contribution in [0, 0.1) is 11.6 Å². The van der Waals surface area contributed by atoms with E-state index in [1.54, 1.807) is 18.2 Å². The predicted octanol–water partition coefficient (Wildman–Crippen LogP) is 4.07. The summed E-state index contributed by atoms with van der Waals surface area (Å²) in [6.07, 6.45) is 1.23. The lowest BCUT2D eigenvalue weighted by molar-refractivity contribution is 0.100. The van der Waals surface area contributed by atoms with Crippen LogP contribution in [0.5, 0.6) is 0 Å². The molecule has 0 spiro atoms. The van der Waals surface area contributed by atoms with Crippen LogP contribution in [0.25, 0.3) is 0 Å². The topological polar surface area (TPSA) is 88.2 Å². The second-order valence-corrected chi connectivity index (χ2v) is 6.07. The van der Waals surface area contributed by atoms with Crippen LogP contribution in [0.15, 0.2) is 60.8 Å². The van der Waals surface area contributed by atoms with Gasteiger partial charge in [0.05, 0.1) is 0 Å². The first kappa shape index (κ1) is 19.8. The Bertz CT molecular complexity index is 1100. The van der Waals surface area contributed by atoms with Gasteiger partial charge in [0, 0.05) is 23.0 Å². The molecule has 0 saturated heterocycles. The third-order valence-corrected chi connectivity index (χ3v) is 3.98. The number of hydrogen-bond donors (Lipinski definition) is 2. The van der Waals surface area contributed by atoms with Crippen molar-refractivity contribution in [3.8, 4) is 0 Å². The molecule has 146 valence electrons. The summed E-state index contributed by atoms with van der Waals surface area (Å²) < 4.78 is 27.4. The Morgan fingerprint density at radius 3 is 2.21 bits per heavy atom. The molecular weight excluding hydrogens is 380 g/mol. The first-order chi connectivity index (χ1) is 13.8. The maximum atomic E-state index is 13.7. The predicted molar refractivity (Wildman–Crippen MR) is 103 cm³/mol. The van der Waals surface area contributed by atoms with E-state index >= 15 is 0 Å². The Kier molecular flexibility index (Phi) is 5.73. The zero-order valence-corrected chi connectivity index (χ0v) is 15.2. The van der Waals surface area contributed by atoms with Crippen molar-refractivity contribution >= 4 is 29.0 Å². The Balaban J connectivity index is 1.78. The summed E-state index contributed by atoms with van der Waals surface area (Å²) >= 11 is 0. The molecule has 2 aromatic carbocycles. The number of halogens is 2. The molecule has 0 unspecified atom stereocenters. The highest BCUT2D eigenvalue weighted by Gasteiger charge is 2.16. The number of hydrogen-bond acceptors (Lipinski definition) is 4. The Labute approximate surface area is 164 Å². The molecule has 0 radical (unpaired) electrons. The average Bonchev–Trinajstić information content (AvgIpc) is 2.71. The molecule has 0 fully saturated rings. The van der Waals surface area contributed by atoms with Gasteiger partial charge < -0.3 is 10.6 Å². The highest BCUT2D eigenvalue weighted by molar-refractivity contribution is 6.08. The number of Topliss-reactive ketones (excluding diaryl/α,β-unsaturated/α-hetero) is 1. The first-order valence-electron chi connectivity index (χ1n) is 8.49. The molecule has 8 heteroatoms. The summed E-state index contributed by atoms with van der Waals surface area (Å²) in [5.74, 6) is -3.41. The van der Waals surface area contributed by atoms with Crippen molar-refractivity contribution in [2.75, 3.05) is 10.6 Å². The van der Waals surface area contributed by atoms with Gasteiger partial charge >= 0.3 is 0 Å². The lowest BCUT2D eigenvalue weighted by Crippen LogP contribution is -2.18. The van der Waals surface area contributed by atoms with Crippen molar-refractivity contribution in [1.29, 1.82) is 0 Å². The number of nitrogens with one attached hydrogen (secondary N) is 2. The number of para-hydroxylation sites is 1. The highest BCUT2D eigenvalue weighted by atomic mass is 19.1. The van der Waals surface area contributed by atoms with E-state index in [0.717, 1.165) is 12.1 Å². The smallest absolute Gasteiger partial charge is 0.274 e. The zero-order valence-electron chi connectivity index (χ0n) is 15.2. The van der Waals surface area contributed by atoms with Crippen molar-refractivity contribution in [2.45, 2.75) is 6.92 Å². The van der Waals surface area contributed by atoms with E-state index in [0.29, 0.717) is 11.3 Å². The molecule has 29 heavy (non-hydrogen) atoms. The van der Waals surface area contributed by atoms with Crippen LogP contribution in [0.4, 0.5) is 20.2 Å². The number of ketones is 1. The lowest BCUT2D eigenvalue weighted by atomic mass is 10.1. The van der Waals surface area contributed by atoms with Gasteiger partial charge in [-0.25, -0.2) is 8.78 Å². The first-order valence-corrected chi connectivity index (χ1v) is 8.49. The van der Waals surface area contributed by atoms with E-state index in [-0.39, 0.29) is 17.0 Å². The van der Waals surface area contributed by atoms with Crippen molar-refractivity contribution in [3.05, 3.63) is 89.2 Å². The van der Waals surface area contributed by atoms with Crippen LogP contribution in [0.3, 0.4) is 0 Å². The summed E-state index contributed by atoms with van der Waals surface area (Å²) in [7, 11) is 0. The quantitative estimate of drug-likeness (QED) is 0.638. The highest BCUT2D eigenvalue weighted by Crippen LogP contribution is 2.19. The Morgan fingerprint density at radius 2 is 1.52 bits per heavy atom. The standard InChI is InChI=1S/C21H15F2N3O3/c1-12(27)13-4-2-5-15(10-13)25-21(29)18-11-14(8-9-24-18)20(28)26-19-16(22)6-3-7-17(19)23/h2-11H,1H3,(H,25,29)(H,26,28). The number of nitrogens with zero attached hydrogens (tertiary/aromatic N) is 1. The number of benzene rings is 2. The number of carbonyl (C=O) groups excluding carboxylic acids is 3. The summed E-state index contributed by atoms with van der Waals surface area (Å²) in [5, 5.41) is 4.73. The average molecular weight is 395 g/mol. The maximum absolute atomic E-state index is 13.7. The molecule has 0 aliphatic rings. The third-order valence-electron chi connectivity index (χ3n) is 3.98. The van der Waals surface area contributed by atoms with E-state index < -0.39 is 29.1 Å². The summed E-state index contributed by atoms with van der Waals surface area (Å²) in [6, 6.07) is 12.0. The number of amides is 2. The lowest BCUT2D eigenvalue weighted by Gasteiger charge is -2.09. The molecule has 2 amide bonds. The minimum Gasteiger partial charge on any atom is -0.321 e. The van der Waals surface area contributed by atoms with Gasteiger partial charge in [0.25, 0.3) is 11.8 Å².